The van der Waals surface area contributed by atoms with Gasteiger partial charge in [-0.3, -0.25) is 0 Å². The molecule has 1 aromatic carbocycles. The lowest BCUT2D eigenvalue weighted by Crippen LogP contribution is -2.08. The number of sulfone groups is 1. The fourth-order valence-corrected chi connectivity index (χ4v) is 3.61. The van der Waals surface area contributed by atoms with Crippen LogP contribution in [0.1, 0.15) is 61.4 Å². The van der Waals surface area contributed by atoms with E-state index in [-0.39, 0.29) is 17.4 Å². The highest BCUT2D eigenvalue weighted by molar-refractivity contribution is 7.89. The van der Waals surface area contributed by atoms with Gasteiger partial charge in [0.1, 0.15) is 5.75 Å². The van der Waals surface area contributed by atoms with E-state index in [1.54, 1.807) is 0 Å². The minimum atomic E-state index is -3.31. The molecule has 0 radical (unpaired) electrons. The molecular weight excluding hydrogens is 300 g/mol. The molecule has 1 saturated carbocycles. The zero-order valence-electron chi connectivity index (χ0n) is 12.8. The number of hydrogen-bond acceptors (Lipinski definition) is 5. The van der Waals surface area contributed by atoms with Gasteiger partial charge in [0.25, 0.3) is 0 Å². The van der Waals surface area contributed by atoms with E-state index >= 15 is 0 Å². The van der Waals surface area contributed by atoms with Crippen LogP contribution in [0.15, 0.2) is 28.7 Å². The van der Waals surface area contributed by atoms with Crippen molar-refractivity contribution in [1.29, 1.82) is 0 Å². The Labute approximate surface area is 130 Å². The highest BCUT2D eigenvalue weighted by Crippen LogP contribution is 2.39. The molecule has 0 saturated heterocycles. The van der Waals surface area contributed by atoms with Crippen molar-refractivity contribution in [3.63, 3.8) is 0 Å². The first-order chi connectivity index (χ1) is 10.4. The molecule has 1 heterocycles. The Kier molecular flexibility index (Phi) is 4.04. The van der Waals surface area contributed by atoms with Crippen molar-refractivity contribution >= 4 is 9.84 Å². The molecule has 5 nitrogen and oxygen atoms in total. The van der Waals surface area contributed by atoms with Crippen molar-refractivity contribution in [2.24, 2.45) is 0 Å². The van der Waals surface area contributed by atoms with Gasteiger partial charge in [-0.25, -0.2) is 8.42 Å². The highest BCUT2D eigenvalue weighted by Gasteiger charge is 2.30. The second-order valence-electron chi connectivity index (χ2n) is 6.24. The second kappa shape index (κ2) is 5.83. The van der Waals surface area contributed by atoms with Crippen LogP contribution in [0.3, 0.4) is 0 Å². The van der Waals surface area contributed by atoms with Crippen molar-refractivity contribution in [3.8, 4) is 0 Å². The molecule has 3 rings (SSSR count). The number of rotatable bonds is 6. The lowest BCUT2D eigenvalue weighted by Gasteiger charge is -2.07. The molecule has 0 amide bonds. The molecule has 0 N–H and O–H groups in total. The lowest BCUT2D eigenvalue weighted by atomic mass is 10.0. The van der Waals surface area contributed by atoms with Crippen LogP contribution in [0.4, 0.5) is 0 Å². The fraction of sp³-hybridized carbons (Fsp3) is 0.500. The van der Waals surface area contributed by atoms with Gasteiger partial charge in [0, 0.05) is 5.92 Å². The maximum absolute atomic E-state index is 12.3. The van der Waals surface area contributed by atoms with Crippen LogP contribution >= 0.6 is 0 Å². The summed E-state index contributed by atoms with van der Waals surface area (Å²) in [5.74, 6) is 1.34. The van der Waals surface area contributed by atoms with E-state index in [4.69, 9.17) is 4.42 Å². The van der Waals surface area contributed by atoms with Gasteiger partial charge in [0.2, 0.25) is 11.8 Å². The van der Waals surface area contributed by atoms with Crippen LogP contribution < -0.4 is 0 Å². The van der Waals surface area contributed by atoms with E-state index in [9.17, 15) is 8.42 Å². The molecule has 1 fully saturated rings. The van der Waals surface area contributed by atoms with Crippen molar-refractivity contribution in [1.82, 2.24) is 10.2 Å². The molecule has 22 heavy (non-hydrogen) atoms. The number of nitrogens with zero attached hydrogens (tertiary/aromatic N) is 2. The molecule has 0 spiro atoms. The van der Waals surface area contributed by atoms with Crippen molar-refractivity contribution in [3.05, 3.63) is 47.2 Å². The Morgan fingerprint density at radius 2 is 1.82 bits per heavy atom. The summed E-state index contributed by atoms with van der Waals surface area (Å²) in [6.07, 6.45) is 2.10. The third kappa shape index (κ3) is 3.74. The fourth-order valence-electron chi connectivity index (χ4n) is 2.31. The van der Waals surface area contributed by atoms with E-state index in [0.29, 0.717) is 17.7 Å². The summed E-state index contributed by atoms with van der Waals surface area (Å²) in [6, 6.07) is 7.70. The summed E-state index contributed by atoms with van der Waals surface area (Å²) >= 11 is 0. The minimum Gasteiger partial charge on any atom is -0.424 e. The predicted octanol–water partition coefficient (Wildman–Crippen LogP) is 3.19. The van der Waals surface area contributed by atoms with E-state index < -0.39 is 9.84 Å². The first-order valence-corrected chi connectivity index (χ1v) is 9.36. The molecule has 0 unspecified atom stereocenters. The maximum Gasteiger partial charge on any atom is 0.231 e. The maximum atomic E-state index is 12.3. The van der Waals surface area contributed by atoms with Crippen LogP contribution in [0.2, 0.25) is 0 Å². The first kappa shape index (κ1) is 15.2. The normalized spacial score (nSPS) is 15.4. The Balaban J connectivity index is 1.66. The Morgan fingerprint density at radius 1 is 1.14 bits per heavy atom. The third-order valence-corrected chi connectivity index (χ3v) is 5.25. The third-order valence-electron chi connectivity index (χ3n) is 3.79. The Bertz CT molecular complexity index is 744. The van der Waals surface area contributed by atoms with Crippen LogP contribution in [0.5, 0.6) is 0 Å². The van der Waals surface area contributed by atoms with Crippen molar-refractivity contribution in [2.75, 3.05) is 0 Å². The number of aromatic nitrogens is 2. The average molecular weight is 320 g/mol. The second-order valence-corrected chi connectivity index (χ2v) is 8.30. The molecule has 2 aromatic rings. The standard InChI is InChI=1S/C16H20N2O3S/c1-11(2)13-5-3-12(4-6-13)9-22(19,20)10-15-17-18-16(21-15)14-7-8-14/h3-6,11,14H,7-10H2,1-2H3. The number of benzene rings is 1. The number of hydrogen-bond donors (Lipinski definition) is 0. The van der Waals surface area contributed by atoms with Gasteiger partial charge in [-0.1, -0.05) is 38.1 Å². The van der Waals surface area contributed by atoms with Crippen LogP contribution in [-0.2, 0) is 21.3 Å². The van der Waals surface area contributed by atoms with Gasteiger partial charge in [-0.2, -0.15) is 0 Å². The molecule has 118 valence electrons. The SMILES string of the molecule is CC(C)c1ccc(CS(=O)(=O)Cc2nnc(C3CC3)o2)cc1. The van der Waals surface area contributed by atoms with Crippen LogP contribution in [-0.4, -0.2) is 18.6 Å². The quantitative estimate of drug-likeness (QED) is 0.817. The van der Waals surface area contributed by atoms with Gasteiger partial charge in [0.15, 0.2) is 9.84 Å². The molecule has 0 atom stereocenters. The predicted molar refractivity (Wildman–Crippen MR) is 83.1 cm³/mol. The van der Waals surface area contributed by atoms with E-state index in [1.165, 1.54) is 5.56 Å². The van der Waals surface area contributed by atoms with Crippen LogP contribution in [0.25, 0.3) is 0 Å². The lowest BCUT2D eigenvalue weighted by molar-refractivity contribution is 0.462. The van der Waals surface area contributed by atoms with Crippen LogP contribution in [0, 0.1) is 0 Å². The van der Waals surface area contributed by atoms with Gasteiger partial charge >= 0.3 is 0 Å². The smallest absolute Gasteiger partial charge is 0.231 e. The monoisotopic (exact) mass is 320 g/mol. The molecular formula is C16H20N2O3S. The minimum absolute atomic E-state index is 0.00742. The first-order valence-electron chi connectivity index (χ1n) is 7.54. The summed E-state index contributed by atoms with van der Waals surface area (Å²) in [4.78, 5) is 0. The van der Waals surface area contributed by atoms with E-state index in [2.05, 4.69) is 24.0 Å². The molecule has 1 aromatic heterocycles. The zero-order chi connectivity index (χ0) is 15.7. The van der Waals surface area contributed by atoms with Crippen molar-refractivity contribution < 1.29 is 12.8 Å². The molecule has 1 aliphatic carbocycles. The Morgan fingerprint density at radius 3 is 2.41 bits per heavy atom. The molecule has 0 aliphatic heterocycles. The summed E-state index contributed by atoms with van der Waals surface area (Å²) < 4.78 is 29.9. The summed E-state index contributed by atoms with van der Waals surface area (Å²) in [5.41, 5.74) is 1.98. The molecule has 6 heteroatoms. The summed E-state index contributed by atoms with van der Waals surface area (Å²) in [6.45, 7) is 4.22. The van der Waals surface area contributed by atoms with E-state index in [0.717, 1.165) is 18.4 Å². The molecule has 0 bridgehead atoms. The average Bonchev–Trinajstić information content (AvgIpc) is 3.20. The summed E-state index contributed by atoms with van der Waals surface area (Å²) in [7, 11) is -3.31. The zero-order valence-corrected chi connectivity index (χ0v) is 13.6. The largest absolute Gasteiger partial charge is 0.424 e. The highest BCUT2D eigenvalue weighted by atomic mass is 32.2. The Hall–Kier alpha value is -1.69. The molecule has 1 aliphatic rings. The van der Waals surface area contributed by atoms with Gasteiger partial charge in [-0.05, 0) is 29.9 Å². The van der Waals surface area contributed by atoms with Gasteiger partial charge < -0.3 is 4.42 Å². The van der Waals surface area contributed by atoms with Gasteiger partial charge in [0.05, 0.1) is 5.75 Å². The van der Waals surface area contributed by atoms with E-state index in [1.807, 2.05) is 24.3 Å². The summed E-state index contributed by atoms with van der Waals surface area (Å²) in [5, 5.41) is 7.77. The topological polar surface area (TPSA) is 73.1 Å². The van der Waals surface area contributed by atoms with Crippen molar-refractivity contribution in [2.45, 2.75) is 50.0 Å². The van der Waals surface area contributed by atoms with Gasteiger partial charge in [-0.15, -0.1) is 10.2 Å².